The summed E-state index contributed by atoms with van der Waals surface area (Å²) in [5.41, 5.74) is 0. The second kappa shape index (κ2) is 8.39. The Morgan fingerprint density at radius 1 is 1.17 bits per heavy atom. The Kier molecular flexibility index (Phi) is 5.98. The molecule has 3 heterocycles. The number of likely N-dealkylation sites (tertiary alicyclic amines) is 1. The summed E-state index contributed by atoms with van der Waals surface area (Å²) in [5.74, 6) is 1.39. The second-order valence-corrected chi connectivity index (χ2v) is 6.71. The Bertz CT molecular complexity index is 519. The molecule has 1 aromatic heterocycles. The molecule has 2 aliphatic rings. The van der Waals surface area contributed by atoms with Gasteiger partial charge in [0, 0.05) is 51.7 Å². The van der Waals surface area contributed by atoms with Gasteiger partial charge in [-0.25, -0.2) is 4.98 Å². The zero-order valence-electron chi connectivity index (χ0n) is 14.2. The predicted octanol–water partition coefficient (Wildman–Crippen LogP) is 0.220. The van der Waals surface area contributed by atoms with Crippen LogP contribution < -0.4 is 4.90 Å². The van der Waals surface area contributed by atoms with E-state index in [2.05, 4.69) is 19.8 Å². The maximum Gasteiger partial charge on any atom is 0.236 e. The first-order valence-corrected chi connectivity index (χ1v) is 8.88. The van der Waals surface area contributed by atoms with E-state index in [1.165, 1.54) is 0 Å². The highest BCUT2D eigenvalue weighted by Crippen LogP contribution is 2.16. The van der Waals surface area contributed by atoms with Crippen molar-refractivity contribution in [2.45, 2.75) is 19.3 Å². The minimum absolute atomic E-state index is 0.201. The van der Waals surface area contributed by atoms with Crippen LogP contribution >= 0.6 is 0 Å². The lowest BCUT2D eigenvalue weighted by Gasteiger charge is -2.36. The first-order chi connectivity index (χ1) is 11.8. The van der Waals surface area contributed by atoms with E-state index < -0.39 is 0 Å². The first-order valence-electron chi connectivity index (χ1n) is 8.88. The van der Waals surface area contributed by atoms with Crippen molar-refractivity contribution in [3.63, 3.8) is 0 Å². The quantitative estimate of drug-likeness (QED) is 0.850. The molecule has 0 saturated carbocycles. The molecule has 132 valence electrons. The van der Waals surface area contributed by atoms with Gasteiger partial charge >= 0.3 is 0 Å². The summed E-state index contributed by atoms with van der Waals surface area (Å²) < 4.78 is 0. The molecule has 1 unspecified atom stereocenters. The third-order valence-electron chi connectivity index (χ3n) is 4.98. The van der Waals surface area contributed by atoms with Crippen LogP contribution in [-0.2, 0) is 4.79 Å². The lowest BCUT2D eigenvalue weighted by molar-refractivity contribution is -0.132. The highest BCUT2D eigenvalue weighted by molar-refractivity contribution is 5.78. The highest BCUT2D eigenvalue weighted by atomic mass is 16.3. The SMILES string of the molecule is O=C(CN1CCCCC(CO)C1)N1CCN(c2cnccn2)CC1. The minimum Gasteiger partial charge on any atom is -0.396 e. The highest BCUT2D eigenvalue weighted by Gasteiger charge is 2.25. The van der Waals surface area contributed by atoms with Crippen LogP contribution in [0.2, 0.25) is 0 Å². The summed E-state index contributed by atoms with van der Waals surface area (Å²) >= 11 is 0. The Labute approximate surface area is 143 Å². The van der Waals surface area contributed by atoms with Crippen LogP contribution in [0.5, 0.6) is 0 Å². The summed E-state index contributed by atoms with van der Waals surface area (Å²) in [6, 6.07) is 0. The van der Waals surface area contributed by atoms with E-state index in [9.17, 15) is 9.90 Å². The van der Waals surface area contributed by atoms with Crippen molar-refractivity contribution in [3.05, 3.63) is 18.6 Å². The van der Waals surface area contributed by atoms with Gasteiger partial charge in [0.2, 0.25) is 5.91 Å². The summed E-state index contributed by atoms with van der Waals surface area (Å²) in [4.78, 5) is 27.4. The van der Waals surface area contributed by atoms with Crippen LogP contribution in [0.15, 0.2) is 18.6 Å². The summed E-state index contributed by atoms with van der Waals surface area (Å²) in [6.07, 6.45) is 8.46. The van der Waals surface area contributed by atoms with Gasteiger partial charge in [0.05, 0.1) is 12.7 Å². The standard InChI is InChI=1S/C17H27N5O2/c23-14-15-3-1-2-6-20(12-15)13-17(24)22-9-7-21(8-10-22)16-11-18-4-5-19-16/h4-5,11,15,23H,1-3,6-10,12-14H2. The average molecular weight is 333 g/mol. The number of hydrogen-bond acceptors (Lipinski definition) is 6. The summed E-state index contributed by atoms with van der Waals surface area (Å²) in [7, 11) is 0. The van der Waals surface area contributed by atoms with Crippen LogP contribution in [0.1, 0.15) is 19.3 Å². The molecule has 2 fully saturated rings. The predicted molar refractivity (Wildman–Crippen MR) is 91.7 cm³/mol. The molecular formula is C17H27N5O2. The summed E-state index contributed by atoms with van der Waals surface area (Å²) in [5, 5.41) is 9.42. The Balaban J connectivity index is 1.48. The molecule has 7 nitrogen and oxygen atoms in total. The fraction of sp³-hybridized carbons (Fsp3) is 0.706. The van der Waals surface area contributed by atoms with Crippen molar-refractivity contribution in [1.82, 2.24) is 19.8 Å². The first kappa shape index (κ1) is 17.1. The number of hydrogen-bond donors (Lipinski definition) is 1. The molecule has 0 bridgehead atoms. The molecule has 3 rings (SSSR count). The van der Waals surface area contributed by atoms with Crippen molar-refractivity contribution in [2.24, 2.45) is 5.92 Å². The normalized spacial score (nSPS) is 23.1. The molecule has 2 aliphatic heterocycles. The monoisotopic (exact) mass is 333 g/mol. The van der Waals surface area contributed by atoms with E-state index in [0.29, 0.717) is 12.5 Å². The van der Waals surface area contributed by atoms with E-state index in [0.717, 1.165) is 64.3 Å². The Morgan fingerprint density at radius 2 is 2.00 bits per heavy atom. The Hall–Kier alpha value is -1.73. The molecule has 1 aromatic rings. The van der Waals surface area contributed by atoms with Crippen molar-refractivity contribution in [1.29, 1.82) is 0 Å². The van der Waals surface area contributed by atoms with Gasteiger partial charge in [-0.2, -0.15) is 0 Å². The Morgan fingerprint density at radius 3 is 2.71 bits per heavy atom. The molecule has 0 spiro atoms. The lowest BCUT2D eigenvalue weighted by Crippen LogP contribution is -2.51. The number of amides is 1. The topological polar surface area (TPSA) is 72.8 Å². The zero-order valence-corrected chi connectivity index (χ0v) is 14.2. The van der Waals surface area contributed by atoms with E-state index in [1.54, 1.807) is 18.6 Å². The molecule has 0 radical (unpaired) electrons. The van der Waals surface area contributed by atoms with E-state index in [4.69, 9.17) is 0 Å². The second-order valence-electron chi connectivity index (χ2n) is 6.71. The van der Waals surface area contributed by atoms with Crippen LogP contribution in [-0.4, -0.2) is 83.2 Å². The van der Waals surface area contributed by atoms with E-state index >= 15 is 0 Å². The maximum atomic E-state index is 12.6. The number of carbonyl (C=O) groups is 1. The number of nitrogens with zero attached hydrogens (tertiary/aromatic N) is 5. The molecule has 2 saturated heterocycles. The van der Waals surface area contributed by atoms with Gasteiger partial charge in [-0.3, -0.25) is 14.7 Å². The largest absolute Gasteiger partial charge is 0.396 e. The third kappa shape index (κ3) is 4.42. The smallest absolute Gasteiger partial charge is 0.236 e. The van der Waals surface area contributed by atoms with Gasteiger partial charge in [0.1, 0.15) is 5.82 Å². The van der Waals surface area contributed by atoms with Gasteiger partial charge in [0.15, 0.2) is 0 Å². The average Bonchev–Trinajstić information content (AvgIpc) is 2.87. The molecule has 1 amide bonds. The number of aliphatic hydroxyl groups excluding tert-OH is 1. The minimum atomic E-state index is 0.201. The van der Waals surface area contributed by atoms with Crippen molar-refractivity contribution >= 4 is 11.7 Å². The molecule has 7 heteroatoms. The van der Waals surface area contributed by atoms with E-state index in [1.807, 2.05) is 4.90 Å². The van der Waals surface area contributed by atoms with Crippen LogP contribution in [0.4, 0.5) is 5.82 Å². The molecule has 1 N–H and O–H groups in total. The van der Waals surface area contributed by atoms with Gasteiger partial charge in [-0.15, -0.1) is 0 Å². The van der Waals surface area contributed by atoms with Gasteiger partial charge in [-0.05, 0) is 25.3 Å². The van der Waals surface area contributed by atoms with Crippen LogP contribution in [0.3, 0.4) is 0 Å². The molecule has 1 atom stereocenters. The fourth-order valence-corrected chi connectivity index (χ4v) is 3.54. The molecule has 0 aromatic carbocycles. The number of rotatable bonds is 4. The third-order valence-corrected chi connectivity index (χ3v) is 4.98. The molecular weight excluding hydrogens is 306 g/mol. The van der Waals surface area contributed by atoms with Gasteiger partial charge < -0.3 is 14.9 Å². The number of aliphatic hydroxyl groups is 1. The van der Waals surface area contributed by atoms with Gasteiger partial charge in [-0.1, -0.05) is 6.42 Å². The van der Waals surface area contributed by atoms with Crippen molar-refractivity contribution in [3.8, 4) is 0 Å². The van der Waals surface area contributed by atoms with Crippen LogP contribution in [0.25, 0.3) is 0 Å². The van der Waals surface area contributed by atoms with Crippen molar-refractivity contribution < 1.29 is 9.90 Å². The van der Waals surface area contributed by atoms with Crippen molar-refractivity contribution in [2.75, 3.05) is 57.3 Å². The lowest BCUT2D eigenvalue weighted by atomic mass is 10.1. The van der Waals surface area contributed by atoms with E-state index in [-0.39, 0.29) is 12.5 Å². The maximum absolute atomic E-state index is 12.6. The van der Waals surface area contributed by atoms with Gasteiger partial charge in [0.25, 0.3) is 0 Å². The summed E-state index contributed by atoms with van der Waals surface area (Å²) in [6.45, 7) is 5.54. The molecule has 0 aliphatic carbocycles. The van der Waals surface area contributed by atoms with Crippen LogP contribution in [0, 0.1) is 5.92 Å². The number of anilines is 1. The fourth-order valence-electron chi connectivity index (χ4n) is 3.54. The molecule has 24 heavy (non-hydrogen) atoms. The number of piperazine rings is 1. The number of carbonyl (C=O) groups excluding carboxylic acids is 1. The number of aromatic nitrogens is 2. The zero-order chi connectivity index (χ0) is 16.8.